The first kappa shape index (κ1) is 8.02. The van der Waals surface area contributed by atoms with Gasteiger partial charge in [-0.05, 0) is 18.3 Å². The Kier molecular flexibility index (Phi) is 1.77. The Balaban J connectivity index is 2.70. The first-order chi connectivity index (χ1) is 4.46. The lowest BCUT2D eigenvalue weighted by Gasteiger charge is -2.44. The van der Waals surface area contributed by atoms with Crippen LogP contribution in [0.15, 0.2) is 0 Å². The summed E-state index contributed by atoms with van der Waals surface area (Å²) in [6.07, 6.45) is 4.61. The van der Waals surface area contributed by atoms with E-state index in [2.05, 4.69) is 13.8 Å². The van der Waals surface area contributed by atoms with Crippen molar-refractivity contribution in [3.8, 4) is 0 Å². The fourth-order valence-corrected chi connectivity index (χ4v) is 1.56. The molecule has 0 heterocycles. The van der Waals surface area contributed by atoms with Crippen LogP contribution in [0.2, 0.25) is 0 Å². The molecular formula is C8H18N2. The monoisotopic (exact) mass is 142 g/mol. The van der Waals surface area contributed by atoms with Crippen LogP contribution in [0.1, 0.15) is 39.5 Å². The summed E-state index contributed by atoms with van der Waals surface area (Å²) in [4.78, 5) is 0. The normalized spacial score (nSPS) is 30.0. The smallest absolute Gasteiger partial charge is 0.0689 e. The molecule has 0 saturated heterocycles. The van der Waals surface area contributed by atoms with Crippen LogP contribution >= 0.6 is 0 Å². The molecule has 0 atom stereocenters. The van der Waals surface area contributed by atoms with E-state index in [1.54, 1.807) is 0 Å². The molecule has 1 fully saturated rings. The van der Waals surface area contributed by atoms with Gasteiger partial charge in [0.25, 0.3) is 0 Å². The summed E-state index contributed by atoms with van der Waals surface area (Å²) >= 11 is 0. The van der Waals surface area contributed by atoms with Gasteiger partial charge >= 0.3 is 0 Å². The number of rotatable bonds is 0. The van der Waals surface area contributed by atoms with Crippen molar-refractivity contribution in [3.05, 3.63) is 0 Å². The Morgan fingerprint density at radius 1 is 1.00 bits per heavy atom. The van der Waals surface area contributed by atoms with E-state index in [9.17, 15) is 0 Å². The van der Waals surface area contributed by atoms with Gasteiger partial charge in [0.15, 0.2) is 0 Å². The van der Waals surface area contributed by atoms with Gasteiger partial charge < -0.3 is 11.5 Å². The summed E-state index contributed by atoms with van der Waals surface area (Å²) in [6.45, 7) is 4.32. The van der Waals surface area contributed by atoms with Gasteiger partial charge in [0.05, 0.1) is 5.66 Å². The highest BCUT2D eigenvalue weighted by molar-refractivity contribution is 4.95. The summed E-state index contributed by atoms with van der Waals surface area (Å²) in [6, 6.07) is 0. The van der Waals surface area contributed by atoms with Gasteiger partial charge in [-0.1, -0.05) is 26.7 Å². The Labute approximate surface area is 63.0 Å². The minimum atomic E-state index is -0.425. The molecule has 0 aromatic rings. The van der Waals surface area contributed by atoms with Gasteiger partial charge in [0, 0.05) is 0 Å². The van der Waals surface area contributed by atoms with E-state index in [0.717, 1.165) is 6.42 Å². The highest BCUT2D eigenvalue weighted by Gasteiger charge is 2.39. The lowest BCUT2D eigenvalue weighted by atomic mass is 9.69. The molecule has 1 rings (SSSR count). The zero-order valence-corrected chi connectivity index (χ0v) is 6.98. The largest absolute Gasteiger partial charge is 0.313 e. The third-order valence-electron chi connectivity index (χ3n) is 2.90. The van der Waals surface area contributed by atoms with Crippen molar-refractivity contribution in [1.29, 1.82) is 0 Å². The molecule has 0 amide bonds. The summed E-state index contributed by atoms with van der Waals surface area (Å²) in [7, 11) is 0. The average Bonchev–Trinajstić information content (AvgIpc) is 1.77. The molecule has 10 heavy (non-hydrogen) atoms. The van der Waals surface area contributed by atoms with Gasteiger partial charge in [-0.25, -0.2) is 0 Å². The Morgan fingerprint density at radius 2 is 1.50 bits per heavy atom. The van der Waals surface area contributed by atoms with E-state index in [4.69, 9.17) is 11.5 Å². The highest BCUT2D eigenvalue weighted by atomic mass is 15.0. The predicted molar refractivity (Wildman–Crippen MR) is 43.4 cm³/mol. The zero-order chi connectivity index (χ0) is 7.83. The van der Waals surface area contributed by atoms with E-state index in [0.29, 0.717) is 0 Å². The van der Waals surface area contributed by atoms with Crippen molar-refractivity contribution >= 4 is 0 Å². The van der Waals surface area contributed by atoms with Crippen molar-refractivity contribution < 1.29 is 0 Å². The second-order valence-corrected chi connectivity index (χ2v) is 4.13. The minimum absolute atomic E-state index is 0.130. The van der Waals surface area contributed by atoms with E-state index in [1.807, 2.05) is 0 Å². The fraction of sp³-hybridized carbons (Fsp3) is 1.00. The highest BCUT2D eigenvalue weighted by Crippen LogP contribution is 2.38. The third-order valence-corrected chi connectivity index (χ3v) is 2.90. The Hall–Kier alpha value is -0.0800. The summed E-state index contributed by atoms with van der Waals surface area (Å²) in [5.41, 5.74) is 11.6. The molecule has 1 aliphatic rings. The second kappa shape index (κ2) is 2.21. The van der Waals surface area contributed by atoms with Crippen LogP contribution in [0.3, 0.4) is 0 Å². The molecule has 1 saturated carbocycles. The van der Waals surface area contributed by atoms with Crippen LogP contribution in [0.25, 0.3) is 0 Å². The maximum atomic E-state index is 5.93. The van der Waals surface area contributed by atoms with Crippen molar-refractivity contribution in [3.63, 3.8) is 0 Å². The van der Waals surface area contributed by atoms with Crippen LogP contribution in [-0.4, -0.2) is 5.66 Å². The van der Waals surface area contributed by atoms with Crippen LogP contribution < -0.4 is 11.5 Å². The Morgan fingerprint density at radius 3 is 1.80 bits per heavy atom. The number of nitrogens with two attached hydrogens (primary N) is 2. The fourth-order valence-electron chi connectivity index (χ4n) is 1.56. The first-order valence-electron chi connectivity index (χ1n) is 4.03. The molecule has 0 aliphatic heterocycles. The molecule has 0 bridgehead atoms. The molecule has 4 N–H and O–H groups in total. The van der Waals surface area contributed by atoms with E-state index in [-0.39, 0.29) is 5.41 Å². The van der Waals surface area contributed by atoms with Crippen LogP contribution in [0.5, 0.6) is 0 Å². The van der Waals surface area contributed by atoms with Gasteiger partial charge in [-0.3, -0.25) is 0 Å². The lowest BCUT2D eigenvalue weighted by molar-refractivity contribution is 0.105. The second-order valence-electron chi connectivity index (χ2n) is 4.13. The number of hydrogen-bond acceptors (Lipinski definition) is 2. The van der Waals surface area contributed by atoms with E-state index in [1.165, 1.54) is 19.3 Å². The SMILES string of the molecule is CC1(C)CCCCC1(N)N. The Bertz CT molecular complexity index is 111. The van der Waals surface area contributed by atoms with Gasteiger partial charge in [-0.2, -0.15) is 0 Å². The van der Waals surface area contributed by atoms with E-state index >= 15 is 0 Å². The lowest BCUT2D eigenvalue weighted by Crippen LogP contribution is -2.61. The van der Waals surface area contributed by atoms with Crippen LogP contribution in [-0.2, 0) is 0 Å². The predicted octanol–water partition coefficient (Wildman–Crippen LogP) is 1.20. The quantitative estimate of drug-likeness (QED) is 0.499. The maximum absolute atomic E-state index is 5.93. The van der Waals surface area contributed by atoms with Crippen molar-refractivity contribution in [2.24, 2.45) is 16.9 Å². The van der Waals surface area contributed by atoms with E-state index < -0.39 is 5.66 Å². The molecule has 0 radical (unpaired) electrons. The molecule has 1 aliphatic carbocycles. The van der Waals surface area contributed by atoms with Crippen molar-refractivity contribution in [1.82, 2.24) is 0 Å². The molecule has 2 heteroatoms. The van der Waals surface area contributed by atoms with Gasteiger partial charge in [-0.15, -0.1) is 0 Å². The maximum Gasteiger partial charge on any atom is 0.0689 e. The molecule has 0 aromatic heterocycles. The molecule has 60 valence electrons. The van der Waals surface area contributed by atoms with Crippen LogP contribution in [0.4, 0.5) is 0 Å². The third kappa shape index (κ3) is 1.18. The molecule has 0 aromatic carbocycles. The van der Waals surface area contributed by atoms with Gasteiger partial charge in [0.1, 0.15) is 0 Å². The first-order valence-corrected chi connectivity index (χ1v) is 4.03. The molecular weight excluding hydrogens is 124 g/mol. The summed E-state index contributed by atoms with van der Waals surface area (Å²) in [5, 5.41) is 0. The standard InChI is InChI=1S/C8H18N2/c1-7(2)5-3-4-6-8(7,9)10/h3-6,9-10H2,1-2H3. The zero-order valence-electron chi connectivity index (χ0n) is 6.98. The van der Waals surface area contributed by atoms with Crippen LogP contribution in [0, 0.1) is 5.41 Å². The van der Waals surface area contributed by atoms with Gasteiger partial charge in [0.2, 0.25) is 0 Å². The average molecular weight is 142 g/mol. The summed E-state index contributed by atoms with van der Waals surface area (Å²) < 4.78 is 0. The minimum Gasteiger partial charge on any atom is -0.313 e. The van der Waals surface area contributed by atoms with Crippen molar-refractivity contribution in [2.45, 2.75) is 45.2 Å². The molecule has 0 unspecified atom stereocenters. The van der Waals surface area contributed by atoms with Crippen molar-refractivity contribution in [2.75, 3.05) is 0 Å². The molecule has 2 nitrogen and oxygen atoms in total. The summed E-state index contributed by atoms with van der Waals surface area (Å²) in [5.74, 6) is 0. The molecule has 0 spiro atoms. The topological polar surface area (TPSA) is 52.0 Å². The number of hydrogen-bond donors (Lipinski definition) is 2.